The largest absolute Gasteiger partial charge is 0.0985 e. The summed E-state index contributed by atoms with van der Waals surface area (Å²) in [4.78, 5) is 0. The molecule has 0 saturated heterocycles. The summed E-state index contributed by atoms with van der Waals surface area (Å²) in [5.41, 5.74) is 4.68. The number of benzene rings is 2. The normalized spacial score (nSPS) is 10.4. The van der Waals surface area contributed by atoms with Crippen LogP contribution in [0.25, 0.3) is 6.08 Å². The van der Waals surface area contributed by atoms with Crippen molar-refractivity contribution < 1.29 is 0 Å². The van der Waals surface area contributed by atoms with Crippen molar-refractivity contribution >= 4 is 33.6 Å². The minimum atomic E-state index is 0.823. The summed E-state index contributed by atoms with van der Waals surface area (Å²) < 4.78 is 1.10. The molecule has 2 aromatic rings. The van der Waals surface area contributed by atoms with E-state index < -0.39 is 0 Å². The molecule has 0 aliphatic rings. The molecule has 0 radical (unpaired) electrons. The molecule has 0 saturated carbocycles. The molecule has 0 unspecified atom stereocenters. The van der Waals surface area contributed by atoms with Crippen molar-refractivity contribution in [1.82, 2.24) is 0 Å². The van der Waals surface area contributed by atoms with Crippen molar-refractivity contribution in [3.63, 3.8) is 0 Å². The highest BCUT2D eigenvalue weighted by atomic mass is 79.9. The predicted molar refractivity (Wildman–Crippen MR) is 83.2 cm³/mol. The zero-order valence-electron chi connectivity index (χ0n) is 10.2. The van der Waals surface area contributed by atoms with Gasteiger partial charge >= 0.3 is 0 Å². The SMILES string of the molecule is C=Cc1ccc(Cc2cc(Br)c(C)cc2Cl)cc1. The van der Waals surface area contributed by atoms with Gasteiger partial charge < -0.3 is 0 Å². The van der Waals surface area contributed by atoms with Gasteiger partial charge in [0.2, 0.25) is 0 Å². The van der Waals surface area contributed by atoms with Gasteiger partial charge in [0.25, 0.3) is 0 Å². The lowest BCUT2D eigenvalue weighted by Crippen LogP contribution is -1.91. The summed E-state index contributed by atoms with van der Waals surface area (Å²) in [6.45, 7) is 5.79. The third-order valence-electron chi connectivity index (χ3n) is 2.94. The van der Waals surface area contributed by atoms with E-state index in [2.05, 4.69) is 52.8 Å². The molecule has 2 aromatic carbocycles. The number of hydrogen-bond donors (Lipinski definition) is 0. The molecule has 0 spiro atoms. The third-order valence-corrected chi connectivity index (χ3v) is 4.14. The van der Waals surface area contributed by atoms with Crippen molar-refractivity contribution in [3.8, 4) is 0 Å². The first kappa shape index (κ1) is 13.4. The van der Waals surface area contributed by atoms with Gasteiger partial charge in [-0.25, -0.2) is 0 Å². The van der Waals surface area contributed by atoms with Gasteiger partial charge in [0, 0.05) is 9.50 Å². The molecule has 0 heterocycles. The molecule has 0 atom stereocenters. The molecule has 92 valence electrons. The summed E-state index contributed by atoms with van der Waals surface area (Å²) in [7, 11) is 0. The van der Waals surface area contributed by atoms with Gasteiger partial charge in [-0.05, 0) is 47.7 Å². The molecule has 0 aliphatic heterocycles. The topological polar surface area (TPSA) is 0 Å². The Morgan fingerprint density at radius 3 is 2.50 bits per heavy atom. The summed E-state index contributed by atoms with van der Waals surface area (Å²) in [6.07, 6.45) is 2.69. The Kier molecular flexibility index (Phi) is 4.26. The molecule has 2 heteroatoms. The van der Waals surface area contributed by atoms with Crippen LogP contribution in [0, 0.1) is 6.92 Å². The van der Waals surface area contributed by atoms with E-state index in [1.54, 1.807) is 0 Å². The summed E-state index contributed by atoms with van der Waals surface area (Å²) >= 11 is 9.82. The monoisotopic (exact) mass is 320 g/mol. The van der Waals surface area contributed by atoms with Crippen LogP contribution < -0.4 is 0 Å². The molecule has 0 N–H and O–H groups in total. The first-order valence-electron chi connectivity index (χ1n) is 5.76. The fourth-order valence-corrected chi connectivity index (χ4v) is 2.49. The van der Waals surface area contributed by atoms with E-state index in [0.29, 0.717) is 0 Å². The first-order valence-corrected chi connectivity index (χ1v) is 6.93. The number of rotatable bonds is 3. The fraction of sp³-hybridized carbons (Fsp3) is 0.125. The second-order valence-corrected chi connectivity index (χ2v) is 5.58. The van der Waals surface area contributed by atoms with Crippen molar-refractivity contribution in [2.45, 2.75) is 13.3 Å². The Labute approximate surface area is 121 Å². The Morgan fingerprint density at radius 1 is 1.22 bits per heavy atom. The number of aryl methyl sites for hydroxylation is 1. The zero-order chi connectivity index (χ0) is 13.1. The Hall–Kier alpha value is -1.05. The van der Waals surface area contributed by atoms with Crippen LogP contribution in [0.3, 0.4) is 0 Å². The van der Waals surface area contributed by atoms with Gasteiger partial charge in [-0.2, -0.15) is 0 Å². The fourth-order valence-electron chi connectivity index (χ4n) is 1.81. The van der Waals surface area contributed by atoms with E-state index in [-0.39, 0.29) is 0 Å². The van der Waals surface area contributed by atoms with Crippen LogP contribution in [0.1, 0.15) is 22.3 Å². The van der Waals surface area contributed by atoms with Crippen LogP contribution in [0.15, 0.2) is 47.4 Å². The molecule has 0 fully saturated rings. The van der Waals surface area contributed by atoms with Crippen LogP contribution in [-0.2, 0) is 6.42 Å². The van der Waals surface area contributed by atoms with Gasteiger partial charge in [-0.3, -0.25) is 0 Å². The minimum Gasteiger partial charge on any atom is -0.0985 e. The highest BCUT2D eigenvalue weighted by Crippen LogP contribution is 2.27. The number of halogens is 2. The van der Waals surface area contributed by atoms with E-state index in [1.165, 1.54) is 5.56 Å². The molecule has 0 bridgehead atoms. The van der Waals surface area contributed by atoms with Crippen LogP contribution in [0.5, 0.6) is 0 Å². The van der Waals surface area contributed by atoms with E-state index >= 15 is 0 Å². The second-order valence-electron chi connectivity index (χ2n) is 4.32. The van der Waals surface area contributed by atoms with Gasteiger partial charge in [-0.1, -0.05) is 64.5 Å². The summed E-state index contributed by atoms with van der Waals surface area (Å²) in [5, 5.41) is 0.823. The Bertz CT molecular complexity index is 570. The number of hydrogen-bond acceptors (Lipinski definition) is 0. The second kappa shape index (κ2) is 5.73. The van der Waals surface area contributed by atoms with Gasteiger partial charge in [0.1, 0.15) is 0 Å². The van der Waals surface area contributed by atoms with Gasteiger partial charge in [0.15, 0.2) is 0 Å². The van der Waals surface area contributed by atoms with Crippen LogP contribution in [0.4, 0.5) is 0 Å². The quantitative estimate of drug-likeness (QED) is 0.686. The highest BCUT2D eigenvalue weighted by molar-refractivity contribution is 9.10. The van der Waals surface area contributed by atoms with E-state index in [9.17, 15) is 0 Å². The zero-order valence-corrected chi connectivity index (χ0v) is 12.6. The van der Waals surface area contributed by atoms with E-state index in [4.69, 9.17) is 11.6 Å². The molecule has 0 nitrogen and oxygen atoms in total. The maximum atomic E-state index is 6.27. The molecule has 0 aliphatic carbocycles. The summed E-state index contributed by atoms with van der Waals surface area (Å²) in [5.74, 6) is 0. The lowest BCUT2D eigenvalue weighted by molar-refractivity contribution is 1.18. The smallest absolute Gasteiger partial charge is 0.0444 e. The minimum absolute atomic E-state index is 0.823. The van der Waals surface area contributed by atoms with Gasteiger partial charge in [0.05, 0.1) is 0 Å². The Balaban J connectivity index is 2.27. The molecule has 2 rings (SSSR count). The third kappa shape index (κ3) is 3.04. The van der Waals surface area contributed by atoms with Crippen LogP contribution >= 0.6 is 27.5 Å². The van der Waals surface area contributed by atoms with Crippen molar-refractivity contribution in [3.05, 3.63) is 74.7 Å². The molecule has 18 heavy (non-hydrogen) atoms. The van der Waals surface area contributed by atoms with Crippen LogP contribution in [0.2, 0.25) is 5.02 Å². The predicted octanol–water partition coefficient (Wildman–Crippen LogP) is 5.64. The van der Waals surface area contributed by atoms with Crippen molar-refractivity contribution in [2.75, 3.05) is 0 Å². The van der Waals surface area contributed by atoms with Gasteiger partial charge in [-0.15, -0.1) is 0 Å². The van der Waals surface area contributed by atoms with E-state index in [0.717, 1.165) is 32.6 Å². The highest BCUT2D eigenvalue weighted by Gasteiger charge is 2.05. The standard InChI is InChI=1S/C16H14BrCl/c1-3-12-4-6-13(7-5-12)9-14-10-15(17)11(2)8-16(14)18/h3-8,10H,1,9H2,2H3. The van der Waals surface area contributed by atoms with Crippen molar-refractivity contribution in [1.29, 1.82) is 0 Å². The first-order chi connectivity index (χ1) is 8.60. The maximum absolute atomic E-state index is 6.27. The van der Waals surface area contributed by atoms with Crippen LogP contribution in [-0.4, -0.2) is 0 Å². The van der Waals surface area contributed by atoms with Crippen molar-refractivity contribution in [2.24, 2.45) is 0 Å². The Morgan fingerprint density at radius 2 is 1.89 bits per heavy atom. The molecule has 0 aromatic heterocycles. The molecule has 0 amide bonds. The maximum Gasteiger partial charge on any atom is 0.0444 e. The molecular weight excluding hydrogens is 308 g/mol. The lowest BCUT2D eigenvalue weighted by atomic mass is 10.0. The molecular formula is C16H14BrCl. The average Bonchev–Trinajstić information content (AvgIpc) is 2.37. The average molecular weight is 322 g/mol. The van der Waals surface area contributed by atoms with E-state index in [1.807, 2.05) is 19.1 Å². The summed E-state index contributed by atoms with van der Waals surface area (Å²) in [6, 6.07) is 12.5. The lowest BCUT2D eigenvalue weighted by Gasteiger charge is -2.08.